The number of nitrogens with one attached hydrogen (secondary N) is 2. The molecule has 8 nitrogen and oxygen atoms in total. The van der Waals surface area contributed by atoms with E-state index in [9.17, 15) is 19.2 Å². The zero-order valence-corrected chi connectivity index (χ0v) is 16.2. The van der Waals surface area contributed by atoms with Crippen LogP contribution in [-0.4, -0.2) is 54.7 Å². The minimum atomic E-state index is -1.27. The van der Waals surface area contributed by atoms with Crippen LogP contribution in [0.5, 0.6) is 0 Å². The number of fused-ring (bicyclic) bond motifs is 1. The normalized spacial score (nSPS) is 23.0. The van der Waals surface area contributed by atoms with Gasteiger partial charge in [-0.25, -0.2) is 9.80 Å². The minimum Gasteiger partial charge on any atom is -0.379 e. The fraction of sp³-hybridized carbons (Fsp3) is 0.524. The van der Waals surface area contributed by atoms with Crippen LogP contribution in [0.4, 0.5) is 10.5 Å². The first-order valence-electron chi connectivity index (χ1n) is 10.2. The molecule has 1 saturated carbocycles. The van der Waals surface area contributed by atoms with Crippen molar-refractivity contribution in [3.63, 3.8) is 0 Å². The van der Waals surface area contributed by atoms with Crippen LogP contribution in [0.1, 0.15) is 52.8 Å². The van der Waals surface area contributed by atoms with E-state index in [0.717, 1.165) is 32.1 Å². The lowest BCUT2D eigenvalue weighted by Gasteiger charge is -2.27. The molecule has 154 valence electrons. The van der Waals surface area contributed by atoms with E-state index in [-0.39, 0.29) is 28.5 Å². The third kappa shape index (κ3) is 3.95. The highest BCUT2D eigenvalue weighted by atomic mass is 16.5. The number of ether oxygens (including phenoxy) is 1. The lowest BCUT2D eigenvalue weighted by molar-refractivity contribution is -0.125. The highest BCUT2D eigenvalue weighted by Crippen LogP contribution is 2.36. The van der Waals surface area contributed by atoms with E-state index < -0.39 is 23.5 Å². The molecule has 1 atom stereocenters. The van der Waals surface area contributed by atoms with E-state index in [1.165, 1.54) is 0 Å². The van der Waals surface area contributed by atoms with Crippen molar-refractivity contribution in [1.82, 2.24) is 10.4 Å². The van der Waals surface area contributed by atoms with Crippen LogP contribution in [0.25, 0.3) is 0 Å². The molecule has 29 heavy (non-hydrogen) atoms. The Labute approximate surface area is 168 Å². The van der Waals surface area contributed by atoms with Crippen LogP contribution in [0.15, 0.2) is 18.2 Å². The number of urea groups is 1. The molecular weight excluding hydrogens is 374 g/mol. The molecule has 1 unspecified atom stereocenters. The number of ketones is 3. The summed E-state index contributed by atoms with van der Waals surface area (Å²) in [6.07, 6.45) is 4.46. The molecule has 1 aliphatic heterocycles. The van der Waals surface area contributed by atoms with E-state index in [1.54, 1.807) is 23.2 Å². The van der Waals surface area contributed by atoms with E-state index in [2.05, 4.69) is 10.7 Å². The first-order chi connectivity index (χ1) is 14.1. The number of morpholine rings is 1. The van der Waals surface area contributed by atoms with Gasteiger partial charge in [0, 0.05) is 24.6 Å². The third-order valence-corrected chi connectivity index (χ3v) is 5.91. The van der Waals surface area contributed by atoms with Crippen molar-refractivity contribution < 1.29 is 23.9 Å². The molecule has 2 amide bonds. The number of Topliss-reactive ketones (excluding diaryl/α,β-unsaturated/α-hetero) is 3. The topological polar surface area (TPSA) is 105 Å². The fourth-order valence-corrected chi connectivity index (χ4v) is 4.40. The smallest absolute Gasteiger partial charge is 0.333 e. The van der Waals surface area contributed by atoms with Gasteiger partial charge < -0.3 is 10.1 Å². The first kappa shape index (κ1) is 19.7. The third-order valence-electron chi connectivity index (χ3n) is 5.91. The number of benzene rings is 1. The number of carbonyl (C=O) groups excluding carboxylic acids is 4. The second-order valence-corrected chi connectivity index (χ2v) is 7.79. The summed E-state index contributed by atoms with van der Waals surface area (Å²) in [7, 11) is 0. The van der Waals surface area contributed by atoms with Crippen LogP contribution in [0.3, 0.4) is 0 Å². The molecule has 0 aromatic heterocycles. The molecule has 1 heterocycles. The summed E-state index contributed by atoms with van der Waals surface area (Å²) in [5, 5.41) is 4.39. The molecule has 2 aliphatic carbocycles. The second-order valence-electron chi connectivity index (χ2n) is 7.79. The lowest BCUT2D eigenvalue weighted by Crippen LogP contribution is -2.49. The monoisotopic (exact) mass is 399 g/mol. The van der Waals surface area contributed by atoms with E-state index in [4.69, 9.17) is 4.74 Å². The average molecular weight is 399 g/mol. The van der Waals surface area contributed by atoms with Crippen molar-refractivity contribution in [2.24, 2.45) is 11.8 Å². The van der Waals surface area contributed by atoms with Crippen molar-refractivity contribution in [2.75, 3.05) is 31.6 Å². The Morgan fingerprint density at radius 3 is 2.45 bits per heavy atom. The van der Waals surface area contributed by atoms with Gasteiger partial charge in [-0.15, -0.1) is 0 Å². The Hall–Kier alpha value is -2.58. The number of amides is 2. The number of rotatable bonds is 4. The van der Waals surface area contributed by atoms with Crippen molar-refractivity contribution >= 4 is 29.1 Å². The van der Waals surface area contributed by atoms with Crippen LogP contribution in [0, 0.1) is 11.8 Å². The summed E-state index contributed by atoms with van der Waals surface area (Å²) < 4.78 is 5.24. The van der Waals surface area contributed by atoms with Crippen LogP contribution < -0.4 is 10.7 Å². The van der Waals surface area contributed by atoms with Gasteiger partial charge >= 0.3 is 6.03 Å². The van der Waals surface area contributed by atoms with Crippen LogP contribution in [-0.2, 0) is 9.53 Å². The second kappa shape index (κ2) is 8.42. The molecule has 0 bridgehead atoms. The molecule has 1 aromatic carbocycles. The van der Waals surface area contributed by atoms with Crippen molar-refractivity contribution in [2.45, 2.75) is 32.1 Å². The standard InChI is InChI=1S/C21H25N3O5/c25-18(13-5-2-1-3-6-13)17-19(26)14-7-4-8-15(16(14)20(17)27)22-21(28)23-24-9-11-29-12-10-24/h4,7-8,13,17H,1-3,5-6,9-12H2,(H2,22,23,28). The molecule has 0 spiro atoms. The van der Waals surface area contributed by atoms with Gasteiger partial charge in [0.15, 0.2) is 17.3 Å². The number of nitrogens with zero attached hydrogens (tertiary/aromatic N) is 1. The highest BCUT2D eigenvalue weighted by Gasteiger charge is 2.46. The Morgan fingerprint density at radius 1 is 1.00 bits per heavy atom. The zero-order chi connectivity index (χ0) is 20.4. The Morgan fingerprint density at radius 2 is 1.72 bits per heavy atom. The Kier molecular flexibility index (Phi) is 5.73. The molecular formula is C21H25N3O5. The summed E-state index contributed by atoms with van der Waals surface area (Å²) in [5.74, 6) is -2.70. The van der Waals surface area contributed by atoms with Crippen LogP contribution in [0.2, 0.25) is 0 Å². The van der Waals surface area contributed by atoms with Gasteiger partial charge in [-0.2, -0.15) is 0 Å². The average Bonchev–Trinajstić information content (AvgIpc) is 3.00. The highest BCUT2D eigenvalue weighted by molar-refractivity contribution is 6.37. The summed E-state index contributed by atoms with van der Waals surface area (Å²) >= 11 is 0. The lowest BCUT2D eigenvalue weighted by atomic mass is 9.80. The summed E-state index contributed by atoms with van der Waals surface area (Å²) in [6.45, 7) is 2.18. The first-order valence-corrected chi connectivity index (χ1v) is 10.2. The predicted octanol–water partition coefficient (Wildman–Crippen LogP) is 2.20. The Bertz CT molecular complexity index is 841. The molecule has 2 N–H and O–H groups in total. The molecule has 2 fully saturated rings. The largest absolute Gasteiger partial charge is 0.379 e. The maximum atomic E-state index is 13.0. The van der Waals surface area contributed by atoms with Gasteiger partial charge in [0.1, 0.15) is 5.92 Å². The van der Waals surface area contributed by atoms with Crippen LogP contribution >= 0.6 is 0 Å². The summed E-state index contributed by atoms with van der Waals surface area (Å²) in [4.78, 5) is 51.2. The van der Waals surface area contributed by atoms with Gasteiger partial charge in [0.05, 0.1) is 24.5 Å². The van der Waals surface area contributed by atoms with Gasteiger partial charge in [-0.1, -0.05) is 31.4 Å². The molecule has 1 aromatic rings. The van der Waals surface area contributed by atoms with E-state index in [1.807, 2.05) is 0 Å². The van der Waals surface area contributed by atoms with Gasteiger partial charge in [0.25, 0.3) is 0 Å². The molecule has 8 heteroatoms. The van der Waals surface area contributed by atoms with Gasteiger partial charge in [0.2, 0.25) is 0 Å². The summed E-state index contributed by atoms with van der Waals surface area (Å²) in [6, 6.07) is 4.25. The molecule has 3 aliphatic rings. The van der Waals surface area contributed by atoms with Crippen molar-refractivity contribution in [3.05, 3.63) is 29.3 Å². The number of anilines is 1. The van der Waals surface area contributed by atoms with E-state index >= 15 is 0 Å². The summed E-state index contributed by atoms with van der Waals surface area (Å²) in [5.41, 5.74) is 3.32. The molecule has 1 saturated heterocycles. The number of hydrazine groups is 1. The number of hydrogen-bond donors (Lipinski definition) is 2. The Balaban J connectivity index is 1.51. The minimum absolute atomic E-state index is 0.142. The molecule has 0 radical (unpaired) electrons. The SMILES string of the molecule is O=C(Nc1cccc2c1C(=O)C(C(=O)C1CCCCC1)C2=O)NN1CCOCC1. The zero-order valence-electron chi connectivity index (χ0n) is 16.2. The number of hydrogen-bond acceptors (Lipinski definition) is 6. The van der Waals surface area contributed by atoms with Gasteiger partial charge in [-0.3, -0.25) is 19.8 Å². The maximum absolute atomic E-state index is 13.0. The molecule has 4 rings (SSSR count). The predicted molar refractivity (Wildman–Crippen MR) is 105 cm³/mol. The maximum Gasteiger partial charge on any atom is 0.333 e. The fourth-order valence-electron chi connectivity index (χ4n) is 4.40. The quantitative estimate of drug-likeness (QED) is 0.752. The van der Waals surface area contributed by atoms with Crippen molar-refractivity contribution in [1.29, 1.82) is 0 Å². The number of carbonyl (C=O) groups is 4. The van der Waals surface area contributed by atoms with Crippen molar-refractivity contribution in [3.8, 4) is 0 Å². The van der Waals surface area contributed by atoms with Gasteiger partial charge in [-0.05, 0) is 18.9 Å². The van der Waals surface area contributed by atoms with E-state index in [0.29, 0.717) is 26.3 Å².